The van der Waals surface area contributed by atoms with Crippen molar-refractivity contribution in [3.63, 3.8) is 0 Å². The van der Waals surface area contributed by atoms with Crippen LogP contribution in [0, 0.1) is 19.7 Å². The number of aryl methyl sites for hydroxylation is 2. The molecule has 0 saturated heterocycles. The van der Waals surface area contributed by atoms with Gasteiger partial charge in [-0.15, -0.1) is 16.4 Å². The van der Waals surface area contributed by atoms with Gasteiger partial charge in [-0.1, -0.05) is 35.0 Å². The van der Waals surface area contributed by atoms with Crippen LogP contribution < -0.4 is 0 Å². The van der Waals surface area contributed by atoms with E-state index in [1.165, 1.54) is 29.0 Å². The summed E-state index contributed by atoms with van der Waals surface area (Å²) in [7, 11) is 0. The first kappa shape index (κ1) is 18.5. The Morgan fingerprint density at radius 3 is 2.43 bits per heavy atom. The number of aromatic nitrogens is 4. The molecule has 5 nitrogen and oxygen atoms in total. The van der Waals surface area contributed by atoms with Gasteiger partial charge in [-0.3, -0.25) is 0 Å². The van der Waals surface area contributed by atoms with Crippen LogP contribution in [0.1, 0.15) is 22.2 Å². The normalized spacial score (nSPS) is 12.3. The van der Waals surface area contributed by atoms with E-state index in [0.717, 1.165) is 32.4 Å². The minimum absolute atomic E-state index is 0.282. The number of thiazole rings is 1. The number of nitrogens with zero attached hydrogens (tertiary/aromatic N) is 4. The summed E-state index contributed by atoms with van der Waals surface area (Å²) >= 11 is 1.41. The highest BCUT2D eigenvalue weighted by Gasteiger charge is 2.18. The Hall–Kier alpha value is -2.90. The zero-order valence-electron chi connectivity index (χ0n) is 15.5. The molecule has 4 rings (SSSR count). The van der Waals surface area contributed by atoms with E-state index in [2.05, 4.69) is 15.3 Å². The molecular formula is C21H19FN4OS. The third-order valence-corrected chi connectivity index (χ3v) is 5.78. The predicted molar refractivity (Wildman–Crippen MR) is 107 cm³/mol. The Morgan fingerprint density at radius 2 is 1.71 bits per heavy atom. The maximum Gasteiger partial charge on any atom is 0.123 e. The van der Waals surface area contributed by atoms with Gasteiger partial charge in [0.2, 0.25) is 0 Å². The second-order valence-electron chi connectivity index (χ2n) is 6.68. The molecule has 28 heavy (non-hydrogen) atoms. The molecule has 0 aliphatic carbocycles. The van der Waals surface area contributed by atoms with Gasteiger partial charge in [0.05, 0.1) is 23.3 Å². The highest BCUT2D eigenvalue weighted by molar-refractivity contribution is 7.15. The molecule has 0 aliphatic rings. The van der Waals surface area contributed by atoms with Gasteiger partial charge in [0.15, 0.2) is 0 Å². The number of benzene rings is 2. The van der Waals surface area contributed by atoms with Crippen LogP contribution in [-0.2, 0) is 6.54 Å². The Morgan fingerprint density at radius 1 is 1.04 bits per heavy atom. The van der Waals surface area contributed by atoms with E-state index >= 15 is 0 Å². The number of aliphatic hydroxyl groups excluding tert-OH is 1. The molecule has 0 radical (unpaired) electrons. The summed E-state index contributed by atoms with van der Waals surface area (Å²) in [5, 5.41) is 19.8. The molecule has 1 N–H and O–H groups in total. The molecule has 2 aromatic carbocycles. The number of halogens is 1. The number of hydrogen-bond acceptors (Lipinski definition) is 5. The lowest BCUT2D eigenvalue weighted by Crippen LogP contribution is -2.09. The van der Waals surface area contributed by atoms with E-state index < -0.39 is 6.10 Å². The molecule has 1 unspecified atom stereocenters. The maximum atomic E-state index is 13.1. The lowest BCUT2D eigenvalue weighted by molar-refractivity contribution is 0.153. The third-order valence-electron chi connectivity index (χ3n) is 4.47. The van der Waals surface area contributed by atoms with Crippen molar-refractivity contribution in [2.75, 3.05) is 0 Å². The van der Waals surface area contributed by atoms with E-state index in [1.54, 1.807) is 16.8 Å². The summed E-state index contributed by atoms with van der Waals surface area (Å²) < 4.78 is 14.8. The van der Waals surface area contributed by atoms with Gasteiger partial charge in [0, 0.05) is 11.1 Å². The minimum atomic E-state index is -0.751. The minimum Gasteiger partial charge on any atom is -0.386 e. The summed E-state index contributed by atoms with van der Waals surface area (Å²) in [6.45, 7) is 4.18. The predicted octanol–water partition coefficient (Wildman–Crippen LogP) is 4.56. The molecule has 142 valence electrons. The maximum absolute atomic E-state index is 13.1. The first-order valence-corrected chi connectivity index (χ1v) is 9.70. The van der Waals surface area contributed by atoms with Crippen LogP contribution in [-0.4, -0.2) is 25.1 Å². The Kier molecular flexibility index (Phi) is 5.02. The Balaban J connectivity index is 1.52. The molecule has 2 heterocycles. The van der Waals surface area contributed by atoms with Gasteiger partial charge in [0.25, 0.3) is 0 Å². The van der Waals surface area contributed by atoms with Crippen molar-refractivity contribution in [3.05, 3.63) is 76.7 Å². The van der Waals surface area contributed by atoms with Crippen LogP contribution in [0.3, 0.4) is 0 Å². The van der Waals surface area contributed by atoms with Gasteiger partial charge in [-0.05, 0) is 38.1 Å². The number of aliphatic hydroxyl groups is 1. The molecule has 0 bridgehead atoms. The topological polar surface area (TPSA) is 63.8 Å². The number of rotatable bonds is 5. The molecule has 0 saturated carbocycles. The summed E-state index contributed by atoms with van der Waals surface area (Å²) in [6.07, 6.45) is 1.07. The molecule has 0 spiro atoms. The second kappa shape index (κ2) is 7.61. The van der Waals surface area contributed by atoms with Crippen molar-refractivity contribution >= 4 is 11.3 Å². The van der Waals surface area contributed by atoms with E-state index in [0.29, 0.717) is 0 Å². The fraction of sp³-hybridized carbons (Fsp3) is 0.190. The second-order valence-corrected chi connectivity index (χ2v) is 7.71. The van der Waals surface area contributed by atoms with Gasteiger partial charge >= 0.3 is 0 Å². The zero-order valence-corrected chi connectivity index (χ0v) is 16.3. The van der Waals surface area contributed by atoms with Crippen LogP contribution in [0.5, 0.6) is 0 Å². The Labute approximate surface area is 166 Å². The molecule has 4 aromatic rings. The highest BCUT2D eigenvalue weighted by Crippen LogP contribution is 2.32. The van der Waals surface area contributed by atoms with Crippen LogP contribution in [0.4, 0.5) is 4.39 Å². The van der Waals surface area contributed by atoms with Crippen molar-refractivity contribution < 1.29 is 9.50 Å². The molecule has 0 amide bonds. The van der Waals surface area contributed by atoms with Gasteiger partial charge in [-0.2, -0.15) is 0 Å². The monoisotopic (exact) mass is 394 g/mol. The molecule has 0 fully saturated rings. The average molecular weight is 394 g/mol. The molecule has 2 aromatic heterocycles. The highest BCUT2D eigenvalue weighted by atomic mass is 32.1. The van der Waals surface area contributed by atoms with Gasteiger partial charge in [-0.25, -0.2) is 14.1 Å². The van der Waals surface area contributed by atoms with Crippen LogP contribution in [0.15, 0.2) is 54.7 Å². The van der Waals surface area contributed by atoms with Crippen molar-refractivity contribution in [1.29, 1.82) is 0 Å². The van der Waals surface area contributed by atoms with E-state index in [4.69, 9.17) is 0 Å². The standard InChI is InChI=1S/C21H19FN4OS/c1-13-3-5-15(6-4-13)18-11-26(25-24-18)12-19(27)20-14(2)23-21(28-20)16-7-9-17(22)10-8-16/h3-11,19,27H,12H2,1-2H3. The van der Waals surface area contributed by atoms with Crippen molar-refractivity contribution in [1.82, 2.24) is 20.0 Å². The number of hydrogen-bond donors (Lipinski definition) is 1. The van der Waals surface area contributed by atoms with E-state index in [1.807, 2.05) is 44.3 Å². The summed E-state index contributed by atoms with van der Waals surface area (Å²) in [5.74, 6) is -0.284. The molecular weight excluding hydrogens is 375 g/mol. The SMILES string of the molecule is Cc1ccc(-c2cn(CC(O)c3sc(-c4ccc(F)cc4)nc3C)nn2)cc1. The largest absolute Gasteiger partial charge is 0.386 e. The van der Waals surface area contributed by atoms with Crippen LogP contribution in [0.2, 0.25) is 0 Å². The van der Waals surface area contributed by atoms with Crippen molar-refractivity contribution in [2.24, 2.45) is 0 Å². The summed E-state index contributed by atoms with van der Waals surface area (Å²) in [5.41, 5.74) is 4.52. The van der Waals surface area contributed by atoms with Gasteiger partial charge < -0.3 is 5.11 Å². The van der Waals surface area contributed by atoms with Crippen molar-refractivity contribution in [2.45, 2.75) is 26.5 Å². The molecule has 7 heteroatoms. The molecule has 0 aliphatic heterocycles. The van der Waals surface area contributed by atoms with Crippen LogP contribution in [0.25, 0.3) is 21.8 Å². The fourth-order valence-electron chi connectivity index (χ4n) is 2.94. The summed E-state index contributed by atoms with van der Waals surface area (Å²) in [4.78, 5) is 5.30. The van der Waals surface area contributed by atoms with Crippen LogP contribution >= 0.6 is 11.3 Å². The lowest BCUT2D eigenvalue weighted by atomic mass is 10.1. The third kappa shape index (κ3) is 3.85. The first-order chi connectivity index (χ1) is 13.5. The smallest absolute Gasteiger partial charge is 0.123 e. The van der Waals surface area contributed by atoms with Crippen molar-refractivity contribution in [3.8, 4) is 21.8 Å². The summed E-state index contributed by atoms with van der Waals surface area (Å²) in [6, 6.07) is 14.3. The average Bonchev–Trinajstić information content (AvgIpc) is 3.30. The van der Waals surface area contributed by atoms with E-state index in [9.17, 15) is 9.50 Å². The fourth-order valence-corrected chi connectivity index (χ4v) is 3.99. The first-order valence-electron chi connectivity index (χ1n) is 8.88. The van der Waals surface area contributed by atoms with E-state index in [-0.39, 0.29) is 12.4 Å². The quantitative estimate of drug-likeness (QED) is 0.539. The van der Waals surface area contributed by atoms with Gasteiger partial charge in [0.1, 0.15) is 22.6 Å². The molecule has 1 atom stereocenters. The Bertz CT molecular complexity index is 1090. The lowest BCUT2D eigenvalue weighted by Gasteiger charge is -2.08. The zero-order chi connectivity index (χ0) is 19.7.